The summed E-state index contributed by atoms with van der Waals surface area (Å²) in [5.41, 5.74) is 17.4. The second kappa shape index (κ2) is 12.0. The third kappa shape index (κ3) is 8.17. The lowest BCUT2D eigenvalue weighted by molar-refractivity contribution is -0.128. The molecule has 0 aliphatic heterocycles. The minimum absolute atomic E-state index is 0.0500. The second-order valence-corrected chi connectivity index (χ2v) is 6.99. The van der Waals surface area contributed by atoms with Gasteiger partial charge in [-0.3, -0.25) is 19.4 Å². The van der Waals surface area contributed by atoms with E-state index < -0.39 is 29.8 Å². The zero-order chi connectivity index (χ0) is 22.6. The molecular weight excluding hydrogens is 396 g/mol. The largest absolute Gasteiger partial charge is 0.370 e. The number of nitrogens with zero attached hydrogens (tertiary/aromatic N) is 1. The average molecular weight is 425 g/mol. The third-order valence-corrected chi connectivity index (χ3v) is 4.55. The molecule has 164 valence electrons. The van der Waals surface area contributed by atoms with Crippen LogP contribution < -0.4 is 27.8 Å². The van der Waals surface area contributed by atoms with Crippen molar-refractivity contribution in [2.45, 2.75) is 31.3 Å². The smallest absolute Gasteiger partial charge is 0.251 e. The lowest BCUT2D eigenvalue weighted by Gasteiger charge is -2.22. The van der Waals surface area contributed by atoms with Crippen LogP contribution in [0.4, 0.5) is 0 Å². The minimum atomic E-state index is -0.913. The highest BCUT2D eigenvalue weighted by Gasteiger charge is 2.26. The van der Waals surface area contributed by atoms with Crippen molar-refractivity contribution in [1.29, 1.82) is 0 Å². The fourth-order valence-corrected chi connectivity index (χ4v) is 2.95. The first-order valence-corrected chi connectivity index (χ1v) is 9.91. The summed E-state index contributed by atoms with van der Waals surface area (Å²) in [5.74, 6) is -1.62. The standard InChI is InChI=1S/C22H28N6O3/c23-19(29)18(14-15-8-3-1-4-9-15)28-21(31)17(12-7-13-26-22(24)25)27-20(30)16-10-5-2-6-11-16/h1-6,8-11,17-18H,7,12-14H2,(H2,23,29)(H,27,30)(H,28,31)(H4,24,25,26)/t17-,18-/m0/s1. The van der Waals surface area contributed by atoms with Gasteiger partial charge < -0.3 is 27.8 Å². The fourth-order valence-electron chi connectivity index (χ4n) is 2.95. The number of aliphatic imine (C=N–C) groups is 1. The van der Waals surface area contributed by atoms with E-state index in [1.165, 1.54) is 0 Å². The van der Waals surface area contributed by atoms with Gasteiger partial charge in [0, 0.05) is 18.5 Å². The van der Waals surface area contributed by atoms with Crippen LogP contribution in [0.25, 0.3) is 0 Å². The molecule has 0 saturated heterocycles. The number of guanidine groups is 1. The summed E-state index contributed by atoms with van der Waals surface area (Å²) in [5, 5.41) is 5.37. The van der Waals surface area contributed by atoms with E-state index in [1.807, 2.05) is 30.3 Å². The number of hydrogen-bond donors (Lipinski definition) is 5. The molecular formula is C22H28N6O3. The molecule has 2 rings (SSSR count). The Morgan fingerprint density at radius 1 is 0.839 bits per heavy atom. The molecule has 0 bridgehead atoms. The number of benzene rings is 2. The van der Waals surface area contributed by atoms with Crippen LogP contribution in [0.5, 0.6) is 0 Å². The van der Waals surface area contributed by atoms with E-state index >= 15 is 0 Å². The van der Waals surface area contributed by atoms with Gasteiger partial charge in [0.2, 0.25) is 11.8 Å². The molecule has 0 aliphatic rings. The van der Waals surface area contributed by atoms with Crippen molar-refractivity contribution in [2.75, 3.05) is 6.54 Å². The maximum atomic E-state index is 12.9. The molecule has 0 saturated carbocycles. The molecule has 0 spiro atoms. The normalized spacial score (nSPS) is 12.3. The number of primary amides is 1. The van der Waals surface area contributed by atoms with Gasteiger partial charge in [0.05, 0.1) is 0 Å². The summed E-state index contributed by atoms with van der Waals surface area (Å²) >= 11 is 0. The topological polar surface area (TPSA) is 166 Å². The minimum Gasteiger partial charge on any atom is -0.370 e. The van der Waals surface area contributed by atoms with Gasteiger partial charge in [-0.15, -0.1) is 0 Å². The summed E-state index contributed by atoms with van der Waals surface area (Å²) < 4.78 is 0. The van der Waals surface area contributed by atoms with Gasteiger partial charge in [0.1, 0.15) is 12.1 Å². The highest BCUT2D eigenvalue weighted by Crippen LogP contribution is 2.07. The van der Waals surface area contributed by atoms with E-state index in [-0.39, 0.29) is 18.8 Å². The van der Waals surface area contributed by atoms with Gasteiger partial charge in [-0.1, -0.05) is 48.5 Å². The number of nitrogens with two attached hydrogens (primary N) is 3. The van der Waals surface area contributed by atoms with Gasteiger partial charge in [-0.25, -0.2) is 0 Å². The van der Waals surface area contributed by atoms with Crippen LogP contribution >= 0.6 is 0 Å². The van der Waals surface area contributed by atoms with E-state index in [2.05, 4.69) is 15.6 Å². The van der Waals surface area contributed by atoms with Crippen LogP contribution in [-0.4, -0.2) is 42.3 Å². The van der Waals surface area contributed by atoms with E-state index in [9.17, 15) is 14.4 Å². The number of nitrogens with one attached hydrogen (secondary N) is 2. The summed E-state index contributed by atoms with van der Waals surface area (Å²) in [6.45, 7) is 0.302. The SMILES string of the molecule is NC(=O)[C@H](Cc1ccccc1)NC(=O)[C@H](CCCN=C(N)N)NC(=O)c1ccccc1. The molecule has 2 aromatic rings. The summed E-state index contributed by atoms with van der Waals surface area (Å²) in [4.78, 5) is 41.3. The Kier molecular flexibility index (Phi) is 9.03. The molecule has 0 aromatic heterocycles. The summed E-state index contributed by atoms with van der Waals surface area (Å²) in [6, 6.07) is 15.9. The second-order valence-electron chi connectivity index (χ2n) is 6.99. The van der Waals surface area contributed by atoms with Gasteiger partial charge in [-0.2, -0.15) is 0 Å². The Hall–Kier alpha value is -3.88. The van der Waals surface area contributed by atoms with Gasteiger partial charge >= 0.3 is 0 Å². The summed E-state index contributed by atoms with van der Waals surface area (Å²) in [7, 11) is 0. The molecule has 9 heteroatoms. The zero-order valence-corrected chi connectivity index (χ0v) is 17.2. The van der Waals surface area contributed by atoms with E-state index in [1.54, 1.807) is 30.3 Å². The molecule has 0 aliphatic carbocycles. The monoisotopic (exact) mass is 424 g/mol. The highest BCUT2D eigenvalue weighted by atomic mass is 16.2. The molecule has 0 heterocycles. The number of rotatable bonds is 11. The predicted octanol–water partition coefficient (Wildman–Crippen LogP) is 0.0514. The van der Waals surface area contributed by atoms with E-state index in [0.29, 0.717) is 18.5 Å². The number of amides is 3. The lowest BCUT2D eigenvalue weighted by Crippen LogP contribution is -2.53. The third-order valence-electron chi connectivity index (χ3n) is 4.55. The van der Waals surface area contributed by atoms with E-state index in [4.69, 9.17) is 17.2 Å². The molecule has 31 heavy (non-hydrogen) atoms. The molecule has 9 nitrogen and oxygen atoms in total. The average Bonchev–Trinajstić information content (AvgIpc) is 2.76. The van der Waals surface area contributed by atoms with Gasteiger partial charge in [0.25, 0.3) is 5.91 Å². The lowest BCUT2D eigenvalue weighted by atomic mass is 10.0. The molecule has 2 atom stereocenters. The van der Waals surface area contributed by atoms with Gasteiger partial charge in [-0.05, 0) is 30.5 Å². The Balaban J connectivity index is 2.09. The Morgan fingerprint density at radius 2 is 1.45 bits per heavy atom. The van der Waals surface area contributed by atoms with Crippen molar-refractivity contribution in [3.05, 3.63) is 71.8 Å². The van der Waals surface area contributed by atoms with Crippen LogP contribution in [-0.2, 0) is 16.0 Å². The van der Waals surface area contributed by atoms with Crippen molar-refractivity contribution in [1.82, 2.24) is 10.6 Å². The predicted molar refractivity (Wildman–Crippen MR) is 119 cm³/mol. The molecule has 0 unspecified atom stereocenters. The van der Waals surface area contributed by atoms with Gasteiger partial charge in [0.15, 0.2) is 5.96 Å². The Bertz CT molecular complexity index is 898. The number of carbonyl (C=O) groups excluding carboxylic acids is 3. The molecule has 2 aromatic carbocycles. The summed E-state index contributed by atoms with van der Waals surface area (Å²) in [6.07, 6.45) is 0.970. The fraction of sp³-hybridized carbons (Fsp3) is 0.273. The zero-order valence-electron chi connectivity index (χ0n) is 17.2. The van der Waals surface area contributed by atoms with E-state index in [0.717, 1.165) is 5.56 Å². The van der Waals surface area contributed by atoms with Crippen LogP contribution in [0, 0.1) is 0 Å². The first kappa shape index (κ1) is 23.4. The van der Waals surface area contributed by atoms with Crippen molar-refractivity contribution in [3.8, 4) is 0 Å². The molecule has 0 radical (unpaired) electrons. The van der Waals surface area contributed by atoms with Crippen molar-refractivity contribution in [3.63, 3.8) is 0 Å². The van der Waals surface area contributed by atoms with Crippen LogP contribution in [0.3, 0.4) is 0 Å². The first-order valence-electron chi connectivity index (χ1n) is 9.91. The van der Waals surface area contributed by atoms with Crippen molar-refractivity contribution >= 4 is 23.7 Å². The maximum Gasteiger partial charge on any atom is 0.251 e. The number of carbonyl (C=O) groups is 3. The van der Waals surface area contributed by atoms with Crippen LogP contribution in [0.2, 0.25) is 0 Å². The maximum absolute atomic E-state index is 12.9. The molecule has 8 N–H and O–H groups in total. The van der Waals surface area contributed by atoms with Crippen molar-refractivity contribution < 1.29 is 14.4 Å². The molecule has 0 fully saturated rings. The van der Waals surface area contributed by atoms with Crippen molar-refractivity contribution in [2.24, 2.45) is 22.2 Å². The highest BCUT2D eigenvalue weighted by molar-refractivity contribution is 5.98. The Morgan fingerprint density at radius 3 is 2.03 bits per heavy atom. The Labute approximate surface area is 181 Å². The van der Waals surface area contributed by atoms with Crippen LogP contribution in [0.15, 0.2) is 65.7 Å². The number of hydrogen-bond acceptors (Lipinski definition) is 4. The quantitative estimate of drug-likeness (QED) is 0.195. The van der Waals surface area contributed by atoms with Crippen LogP contribution in [0.1, 0.15) is 28.8 Å². The first-order chi connectivity index (χ1) is 14.9. The molecule has 3 amide bonds.